The summed E-state index contributed by atoms with van der Waals surface area (Å²) in [5.74, 6) is 6.16. The highest BCUT2D eigenvalue weighted by atomic mass is 19.1. The zero-order chi connectivity index (χ0) is 25.9. The zero-order valence-corrected chi connectivity index (χ0v) is 21.4. The highest BCUT2D eigenvalue weighted by Crippen LogP contribution is 2.38. The van der Waals surface area contributed by atoms with Gasteiger partial charge in [0.25, 0.3) is 5.91 Å². The molecule has 0 bridgehead atoms. The van der Waals surface area contributed by atoms with Crippen LogP contribution in [-0.2, 0) is 4.79 Å². The molecule has 0 unspecified atom stereocenters. The van der Waals surface area contributed by atoms with Gasteiger partial charge in [0.05, 0.1) is 24.3 Å². The Labute approximate surface area is 206 Å². The maximum atomic E-state index is 14.2. The molecule has 1 N–H and O–H groups in total. The second kappa shape index (κ2) is 10.5. The van der Waals surface area contributed by atoms with Gasteiger partial charge in [0.15, 0.2) is 6.17 Å². The van der Waals surface area contributed by atoms with Crippen molar-refractivity contribution >= 4 is 22.4 Å². The van der Waals surface area contributed by atoms with Crippen molar-refractivity contribution in [1.82, 2.24) is 15.2 Å². The lowest BCUT2D eigenvalue weighted by Crippen LogP contribution is -2.36. The van der Waals surface area contributed by atoms with Gasteiger partial charge in [-0.3, -0.25) is 9.69 Å². The fraction of sp³-hybridized carbons (Fsp3) is 0.519. The van der Waals surface area contributed by atoms with E-state index in [1.807, 2.05) is 53.6 Å². The third-order valence-corrected chi connectivity index (χ3v) is 6.38. The topological polar surface area (TPSA) is 68.0 Å². The minimum atomic E-state index is -1.54. The van der Waals surface area contributed by atoms with Crippen LogP contribution in [0.3, 0.4) is 0 Å². The first-order chi connectivity index (χ1) is 16.5. The third-order valence-electron chi connectivity index (χ3n) is 6.38. The molecular formula is C27H33FN4O3. The molecule has 1 saturated heterocycles. The van der Waals surface area contributed by atoms with Gasteiger partial charge in [-0.25, -0.2) is 14.2 Å². The van der Waals surface area contributed by atoms with E-state index in [2.05, 4.69) is 27.0 Å². The van der Waals surface area contributed by atoms with E-state index in [-0.39, 0.29) is 18.2 Å². The first-order valence-corrected chi connectivity index (χ1v) is 11.8. The van der Waals surface area contributed by atoms with Gasteiger partial charge in [-0.2, -0.15) is 0 Å². The van der Waals surface area contributed by atoms with Crippen LogP contribution in [0.25, 0.3) is 15.6 Å². The number of halogens is 1. The van der Waals surface area contributed by atoms with Crippen molar-refractivity contribution in [2.45, 2.75) is 64.9 Å². The summed E-state index contributed by atoms with van der Waals surface area (Å²) in [5.41, 5.74) is 0.657. The summed E-state index contributed by atoms with van der Waals surface area (Å²) in [5, 5.41) is 4.03. The van der Waals surface area contributed by atoms with Gasteiger partial charge < -0.3 is 14.8 Å². The lowest BCUT2D eigenvalue weighted by atomic mass is 9.97. The molecule has 1 aliphatic heterocycles. The molecule has 7 nitrogen and oxygen atoms in total. The Morgan fingerprint density at radius 2 is 2.03 bits per heavy atom. The first kappa shape index (κ1) is 26.2. The van der Waals surface area contributed by atoms with Crippen LogP contribution in [0.15, 0.2) is 18.3 Å². The number of ether oxygens (including phenoxy) is 2. The van der Waals surface area contributed by atoms with Crippen LogP contribution in [0, 0.1) is 24.3 Å². The molecular weight excluding hydrogens is 447 g/mol. The molecule has 1 aliphatic rings. The number of fused-ring (bicyclic) bond motifs is 1. The molecule has 0 saturated carbocycles. The van der Waals surface area contributed by atoms with E-state index < -0.39 is 24.0 Å². The van der Waals surface area contributed by atoms with Crippen molar-refractivity contribution in [2.75, 3.05) is 20.7 Å². The van der Waals surface area contributed by atoms with Gasteiger partial charge >= 0.3 is 0 Å². The number of nitrogens with zero attached hydrogens (tertiary/aromatic N) is 3. The fourth-order valence-electron chi connectivity index (χ4n) is 3.81. The number of carbonyl (C=O) groups is 1. The normalized spacial score (nSPS) is 19.9. The third kappa shape index (κ3) is 5.66. The Bertz CT molecular complexity index is 1210. The number of rotatable bonds is 7. The maximum Gasteiger partial charge on any atom is 0.255 e. The Morgan fingerprint density at radius 1 is 1.31 bits per heavy atom. The van der Waals surface area contributed by atoms with Gasteiger partial charge in [-0.15, -0.1) is 0 Å². The quantitative estimate of drug-likeness (QED) is 0.467. The molecule has 0 aliphatic carbocycles. The second-order valence-corrected chi connectivity index (χ2v) is 9.72. The number of hydrogen-bond donors (Lipinski definition) is 1. The Kier molecular flexibility index (Phi) is 7.87. The minimum Gasteiger partial charge on any atom is -0.502 e. The summed E-state index contributed by atoms with van der Waals surface area (Å²) < 4.78 is 26.1. The number of benzene rings is 1. The van der Waals surface area contributed by atoms with E-state index in [1.54, 1.807) is 18.3 Å². The summed E-state index contributed by atoms with van der Waals surface area (Å²) in [6.07, 6.45) is 0.465. The van der Waals surface area contributed by atoms with Gasteiger partial charge in [-0.05, 0) is 65.7 Å². The summed E-state index contributed by atoms with van der Waals surface area (Å²) in [4.78, 5) is 22.0. The molecule has 0 spiro atoms. The summed E-state index contributed by atoms with van der Waals surface area (Å²) in [6, 6.07) is 3.04. The van der Waals surface area contributed by atoms with Crippen LogP contribution in [0.1, 0.15) is 46.6 Å². The van der Waals surface area contributed by atoms with Crippen LogP contribution < -0.4 is 14.8 Å². The Morgan fingerprint density at radius 3 is 2.63 bits per heavy atom. The van der Waals surface area contributed by atoms with Gasteiger partial charge in [-0.1, -0.05) is 18.8 Å². The highest BCUT2D eigenvalue weighted by molar-refractivity contribution is 5.96. The molecule has 2 heterocycles. The van der Waals surface area contributed by atoms with Crippen molar-refractivity contribution in [1.29, 1.82) is 0 Å². The van der Waals surface area contributed by atoms with Crippen molar-refractivity contribution in [2.24, 2.45) is 5.92 Å². The fourth-order valence-corrected chi connectivity index (χ4v) is 3.81. The van der Waals surface area contributed by atoms with E-state index in [9.17, 15) is 9.18 Å². The minimum absolute atomic E-state index is 0.0798. The smallest absolute Gasteiger partial charge is 0.255 e. The number of amides is 1. The Balaban J connectivity index is 2.07. The first-order valence-electron chi connectivity index (χ1n) is 11.8. The summed E-state index contributed by atoms with van der Waals surface area (Å²) in [6.45, 7) is 17.4. The molecule has 1 aromatic heterocycles. The van der Waals surface area contributed by atoms with Gasteiger partial charge in [0.1, 0.15) is 12.4 Å². The molecule has 1 aromatic carbocycles. The summed E-state index contributed by atoms with van der Waals surface area (Å²) in [7, 11) is 3.92. The number of nitrogens with one attached hydrogen (secondary N) is 1. The monoisotopic (exact) mass is 480 g/mol. The average molecular weight is 481 g/mol. The number of pyridine rings is 1. The van der Waals surface area contributed by atoms with Crippen molar-refractivity contribution in [3.8, 4) is 23.5 Å². The molecule has 2 aromatic rings. The molecule has 3 atom stereocenters. The summed E-state index contributed by atoms with van der Waals surface area (Å²) >= 11 is 0. The standard InChI is InChI=1S/C27H33FN4O3/c1-9-18-22(31-25(33)24(18)28)15-34-26-20-13-23(35-16(2)3)21(29-6)12-19(20)17(14-30-26)10-11-27(4,5)32(7)8/h12-14,16,18,22,24H,9,15H2,1-5,7-8H3,(H,31,33)/t18-,22+,24-/m0/s1. The van der Waals surface area contributed by atoms with Crippen LogP contribution in [0.5, 0.6) is 11.6 Å². The maximum absolute atomic E-state index is 14.2. The zero-order valence-electron chi connectivity index (χ0n) is 21.4. The number of carbonyl (C=O) groups excluding carboxylic acids is 1. The van der Waals surface area contributed by atoms with Crippen molar-refractivity contribution in [3.05, 3.63) is 35.3 Å². The van der Waals surface area contributed by atoms with Crippen LogP contribution >= 0.6 is 0 Å². The highest BCUT2D eigenvalue weighted by Gasteiger charge is 2.41. The molecule has 1 amide bonds. The van der Waals surface area contributed by atoms with Gasteiger partial charge in [0, 0.05) is 23.1 Å². The predicted octanol–water partition coefficient (Wildman–Crippen LogP) is 4.51. The van der Waals surface area contributed by atoms with E-state index in [0.29, 0.717) is 40.1 Å². The molecule has 8 heteroatoms. The number of aromatic nitrogens is 1. The molecule has 35 heavy (non-hydrogen) atoms. The molecule has 3 rings (SSSR count). The molecule has 1 fully saturated rings. The number of hydrogen-bond acceptors (Lipinski definition) is 5. The van der Waals surface area contributed by atoms with Crippen LogP contribution in [-0.4, -0.2) is 60.3 Å². The van der Waals surface area contributed by atoms with Gasteiger partial charge in [0.2, 0.25) is 11.6 Å². The van der Waals surface area contributed by atoms with Crippen molar-refractivity contribution < 1.29 is 18.7 Å². The van der Waals surface area contributed by atoms with E-state index >= 15 is 0 Å². The lowest BCUT2D eigenvalue weighted by molar-refractivity contribution is -0.123. The van der Waals surface area contributed by atoms with Crippen molar-refractivity contribution in [3.63, 3.8) is 0 Å². The predicted molar refractivity (Wildman–Crippen MR) is 135 cm³/mol. The SMILES string of the molecule is [C-]#[N+]c1cc2c(C#CC(C)(C)N(C)C)cnc(OC[C@H]3NC(=O)[C@@H](F)[C@H]3CC)c2cc1OC(C)C. The van der Waals surface area contributed by atoms with Crippen LogP contribution in [0.2, 0.25) is 0 Å². The van der Waals surface area contributed by atoms with E-state index in [4.69, 9.17) is 16.0 Å². The Hall–Kier alpha value is -3.36. The molecule has 0 radical (unpaired) electrons. The van der Waals surface area contributed by atoms with Crippen LogP contribution in [0.4, 0.5) is 10.1 Å². The lowest BCUT2D eigenvalue weighted by Gasteiger charge is -2.26. The molecule has 186 valence electrons. The van der Waals surface area contributed by atoms with E-state index in [0.717, 1.165) is 0 Å². The van der Waals surface area contributed by atoms with E-state index in [1.165, 1.54) is 0 Å². The average Bonchev–Trinajstić information content (AvgIpc) is 3.08. The number of alkyl halides is 1. The second-order valence-electron chi connectivity index (χ2n) is 9.72. The largest absolute Gasteiger partial charge is 0.502 e.